The van der Waals surface area contributed by atoms with Crippen molar-refractivity contribution in [3.63, 3.8) is 0 Å². The molecule has 27 heavy (non-hydrogen) atoms. The second-order valence-corrected chi connectivity index (χ2v) is 6.48. The zero-order chi connectivity index (χ0) is 19.0. The van der Waals surface area contributed by atoms with Crippen LogP contribution in [-0.4, -0.2) is 40.4 Å². The Morgan fingerprint density at radius 2 is 1.96 bits per heavy atom. The topological polar surface area (TPSA) is 61.0 Å². The molecule has 1 amide bonds. The first kappa shape index (κ1) is 17.5. The summed E-state index contributed by atoms with van der Waals surface area (Å²) in [6, 6.07) is 11.9. The third-order valence-electron chi connectivity index (χ3n) is 4.64. The van der Waals surface area contributed by atoms with E-state index >= 15 is 0 Å². The van der Waals surface area contributed by atoms with Crippen molar-refractivity contribution >= 4 is 16.9 Å². The van der Waals surface area contributed by atoms with E-state index in [0.29, 0.717) is 25.5 Å². The smallest absolute Gasteiger partial charge is 0.341 e. The fraction of sp³-hybridized carbons (Fsp3) is 0.263. The van der Waals surface area contributed by atoms with E-state index < -0.39 is 17.6 Å². The van der Waals surface area contributed by atoms with Crippen molar-refractivity contribution in [2.45, 2.75) is 12.2 Å². The third-order valence-corrected chi connectivity index (χ3v) is 4.64. The molecule has 0 bridgehead atoms. The molecule has 4 rings (SSSR count). The number of H-pyrrole nitrogens is 1. The standard InChI is InChI=1S/C19H17F3N4O/c20-19(21,22)13-5-3-4-12(10-13)18(27)26-9-8-23-16(11-26)17-24-14-6-1-2-7-15(14)25-17/h1-7,10,16,23H,8-9,11H2,(H,24,25). The lowest BCUT2D eigenvalue weighted by molar-refractivity contribution is -0.137. The predicted molar refractivity (Wildman–Crippen MR) is 94.2 cm³/mol. The fourth-order valence-corrected chi connectivity index (χ4v) is 3.27. The lowest BCUT2D eigenvalue weighted by Crippen LogP contribution is -2.48. The molecular weight excluding hydrogens is 357 g/mol. The molecule has 0 spiro atoms. The van der Waals surface area contributed by atoms with Gasteiger partial charge in [0.05, 0.1) is 22.6 Å². The summed E-state index contributed by atoms with van der Waals surface area (Å²) in [5, 5.41) is 3.30. The number of carbonyl (C=O) groups excluding carboxylic acids is 1. The number of fused-ring (bicyclic) bond motifs is 1. The molecule has 0 radical (unpaired) electrons. The Bertz CT molecular complexity index is 949. The largest absolute Gasteiger partial charge is 0.416 e. The third kappa shape index (κ3) is 3.52. The van der Waals surface area contributed by atoms with Gasteiger partial charge in [0.2, 0.25) is 0 Å². The molecule has 1 atom stereocenters. The van der Waals surface area contributed by atoms with Gasteiger partial charge in [-0.1, -0.05) is 18.2 Å². The van der Waals surface area contributed by atoms with E-state index in [4.69, 9.17) is 0 Å². The Morgan fingerprint density at radius 3 is 2.74 bits per heavy atom. The first-order valence-electron chi connectivity index (χ1n) is 8.56. The molecule has 5 nitrogen and oxygen atoms in total. The molecule has 1 fully saturated rings. The molecule has 1 unspecified atom stereocenters. The minimum Gasteiger partial charge on any atom is -0.341 e. The summed E-state index contributed by atoms with van der Waals surface area (Å²) in [7, 11) is 0. The van der Waals surface area contributed by atoms with Crippen LogP contribution in [0.5, 0.6) is 0 Å². The van der Waals surface area contributed by atoms with Crippen molar-refractivity contribution in [3.8, 4) is 0 Å². The molecule has 1 aliphatic heterocycles. The van der Waals surface area contributed by atoms with Gasteiger partial charge in [-0.15, -0.1) is 0 Å². The van der Waals surface area contributed by atoms with Gasteiger partial charge in [0.1, 0.15) is 5.82 Å². The first-order chi connectivity index (χ1) is 12.9. The van der Waals surface area contributed by atoms with E-state index in [1.807, 2.05) is 24.3 Å². The van der Waals surface area contributed by atoms with Crippen molar-refractivity contribution in [2.75, 3.05) is 19.6 Å². The average molecular weight is 374 g/mol. The van der Waals surface area contributed by atoms with Gasteiger partial charge in [0, 0.05) is 25.2 Å². The van der Waals surface area contributed by atoms with Gasteiger partial charge < -0.3 is 15.2 Å². The van der Waals surface area contributed by atoms with Crippen LogP contribution in [0, 0.1) is 0 Å². The highest BCUT2D eigenvalue weighted by molar-refractivity contribution is 5.94. The quantitative estimate of drug-likeness (QED) is 0.723. The molecule has 2 N–H and O–H groups in total. The highest BCUT2D eigenvalue weighted by Crippen LogP contribution is 2.30. The number of rotatable bonds is 2. The number of imidazole rings is 1. The zero-order valence-electron chi connectivity index (χ0n) is 14.3. The maximum Gasteiger partial charge on any atom is 0.416 e. The van der Waals surface area contributed by atoms with Crippen molar-refractivity contribution < 1.29 is 18.0 Å². The lowest BCUT2D eigenvalue weighted by atomic mass is 10.1. The van der Waals surface area contributed by atoms with Crippen molar-refractivity contribution in [1.82, 2.24) is 20.2 Å². The van der Waals surface area contributed by atoms with Gasteiger partial charge in [-0.2, -0.15) is 13.2 Å². The number of benzene rings is 2. The monoisotopic (exact) mass is 374 g/mol. The lowest BCUT2D eigenvalue weighted by Gasteiger charge is -2.33. The van der Waals surface area contributed by atoms with Crippen molar-refractivity contribution in [1.29, 1.82) is 0 Å². The fourth-order valence-electron chi connectivity index (χ4n) is 3.27. The molecule has 2 aromatic carbocycles. The van der Waals surface area contributed by atoms with Crippen LogP contribution >= 0.6 is 0 Å². The zero-order valence-corrected chi connectivity index (χ0v) is 14.3. The van der Waals surface area contributed by atoms with Crippen molar-refractivity contribution in [3.05, 3.63) is 65.5 Å². The van der Waals surface area contributed by atoms with Crippen LogP contribution in [0.4, 0.5) is 13.2 Å². The summed E-state index contributed by atoms with van der Waals surface area (Å²) in [5.74, 6) is 0.293. The van der Waals surface area contributed by atoms with Crippen LogP contribution in [0.2, 0.25) is 0 Å². The number of hydrogen-bond acceptors (Lipinski definition) is 3. The van der Waals surface area contributed by atoms with E-state index in [0.717, 1.165) is 23.2 Å². The molecule has 1 aliphatic rings. The normalized spacial score (nSPS) is 18.0. The summed E-state index contributed by atoms with van der Waals surface area (Å²) in [6.45, 7) is 1.28. The number of aromatic nitrogens is 2. The molecular formula is C19H17F3N4O. The van der Waals surface area contributed by atoms with Gasteiger partial charge in [0.25, 0.3) is 5.91 Å². The van der Waals surface area contributed by atoms with E-state index in [9.17, 15) is 18.0 Å². The van der Waals surface area contributed by atoms with Crippen LogP contribution in [-0.2, 0) is 6.18 Å². The van der Waals surface area contributed by atoms with Crippen LogP contribution in [0.3, 0.4) is 0 Å². The van der Waals surface area contributed by atoms with E-state index in [2.05, 4.69) is 15.3 Å². The maximum atomic E-state index is 12.9. The number of carbonyl (C=O) groups is 1. The molecule has 3 aromatic rings. The number of nitrogens with one attached hydrogen (secondary N) is 2. The second-order valence-electron chi connectivity index (χ2n) is 6.48. The summed E-state index contributed by atoms with van der Waals surface area (Å²) >= 11 is 0. The first-order valence-corrected chi connectivity index (χ1v) is 8.56. The molecule has 140 valence electrons. The minimum absolute atomic E-state index is 0.0371. The Kier molecular flexibility index (Phi) is 4.35. The molecule has 8 heteroatoms. The molecule has 2 heterocycles. The Labute approximate surface area is 153 Å². The number of aromatic amines is 1. The average Bonchev–Trinajstić information content (AvgIpc) is 3.11. The van der Waals surface area contributed by atoms with E-state index in [1.54, 1.807) is 4.90 Å². The number of piperazine rings is 1. The number of amides is 1. The van der Waals surface area contributed by atoms with Gasteiger partial charge in [-0.3, -0.25) is 4.79 Å². The second kappa shape index (κ2) is 6.70. The van der Waals surface area contributed by atoms with Gasteiger partial charge in [-0.25, -0.2) is 4.98 Å². The van der Waals surface area contributed by atoms with Gasteiger partial charge >= 0.3 is 6.18 Å². The summed E-state index contributed by atoms with van der Waals surface area (Å²) in [4.78, 5) is 22.1. The molecule has 1 saturated heterocycles. The summed E-state index contributed by atoms with van der Waals surface area (Å²) in [5.41, 5.74) is 0.943. The summed E-state index contributed by atoms with van der Waals surface area (Å²) in [6.07, 6.45) is -4.48. The Balaban J connectivity index is 1.55. The SMILES string of the molecule is O=C(c1cccc(C(F)(F)F)c1)N1CCNC(c2nc3ccccc3[nH]2)C1. The van der Waals surface area contributed by atoms with Gasteiger partial charge in [0.15, 0.2) is 0 Å². The molecule has 1 aromatic heterocycles. The highest BCUT2D eigenvalue weighted by Gasteiger charge is 2.32. The van der Waals surface area contributed by atoms with Crippen LogP contribution < -0.4 is 5.32 Å². The number of hydrogen-bond donors (Lipinski definition) is 2. The van der Waals surface area contributed by atoms with Crippen LogP contribution in [0.25, 0.3) is 11.0 Å². The number of alkyl halides is 3. The Hall–Kier alpha value is -2.87. The number of nitrogens with zero attached hydrogens (tertiary/aromatic N) is 2. The highest BCUT2D eigenvalue weighted by atomic mass is 19.4. The Morgan fingerprint density at radius 1 is 1.15 bits per heavy atom. The van der Waals surface area contributed by atoms with E-state index in [1.165, 1.54) is 12.1 Å². The van der Waals surface area contributed by atoms with Gasteiger partial charge in [-0.05, 0) is 30.3 Å². The van der Waals surface area contributed by atoms with E-state index in [-0.39, 0.29) is 11.6 Å². The molecule has 0 saturated carbocycles. The van der Waals surface area contributed by atoms with Crippen LogP contribution in [0.15, 0.2) is 48.5 Å². The van der Waals surface area contributed by atoms with Crippen LogP contribution in [0.1, 0.15) is 27.8 Å². The molecule has 0 aliphatic carbocycles. The maximum absolute atomic E-state index is 12.9. The number of halogens is 3. The van der Waals surface area contributed by atoms with Crippen molar-refractivity contribution in [2.24, 2.45) is 0 Å². The number of para-hydroxylation sites is 2. The minimum atomic E-state index is -4.48. The predicted octanol–water partition coefficient (Wildman–Crippen LogP) is 3.37. The summed E-state index contributed by atoms with van der Waals surface area (Å²) < 4.78 is 38.7.